The molecule has 3 N–H and O–H groups in total. The molecule has 0 spiro atoms. The highest BCUT2D eigenvalue weighted by atomic mass is 16.5. The molecule has 162 valence electrons. The van der Waals surface area contributed by atoms with Crippen molar-refractivity contribution in [1.29, 1.82) is 0 Å². The van der Waals surface area contributed by atoms with Crippen molar-refractivity contribution in [3.63, 3.8) is 0 Å². The molecule has 3 aromatic heterocycles. The maximum atomic E-state index is 11.8. The number of carbonyl (C=O) groups is 1. The zero-order valence-corrected chi connectivity index (χ0v) is 17.3. The average Bonchev–Trinajstić information content (AvgIpc) is 3.47. The van der Waals surface area contributed by atoms with Gasteiger partial charge in [0.25, 0.3) is 5.91 Å². The van der Waals surface area contributed by atoms with Gasteiger partial charge in [0, 0.05) is 43.5 Å². The monoisotopic (exact) mass is 422 g/mol. The van der Waals surface area contributed by atoms with Crippen molar-refractivity contribution >= 4 is 22.8 Å². The van der Waals surface area contributed by atoms with Crippen LogP contribution in [0.1, 0.15) is 47.7 Å². The summed E-state index contributed by atoms with van der Waals surface area (Å²) in [5.41, 5.74) is 7.90. The minimum atomic E-state index is -0.591. The summed E-state index contributed by atoms with van der Waals surface area (Å²) < 4.78 is 11.3. The fraction of sp³-hybridized carbons (Fsp3) is 0.455. The number of amides is 1. The first-order valence-electron chi connectivity index (χ1n) is 10.8. The van der Waals surface area contributed by atoms with Gasteiger partial charge in [-0.3, -0.25) is 4.79 Å². The van der Waals surface area contributed by atoms with Crippen molar-refractivity contribution in [2.75, 3.05) is 31.2 Å². The summed E-state index contributed by atoms with van der Waals surface area (Å²) in [5.74, 6) is 0.527. The molecule has 3 aromatic rings. The Morgan fingerprint density at radius 3 is 2.94 bits per heavy atom. The molecule has 31 heavy (non-hydrogen) atoms. The SMILES string of the molecule is NC(=O)c1cc(N2CCC(c3c[nH]c4ncccc34)CC2)nc(OCC2CCCO2)n1. The second-order valence-electron chi connectivity index (χ2n) is 8.11. The number of piperidine rings is 1. The van der Waals surface area contributed by atoms with E-state index in [0.29, 0.717) is 18.3 Å². The number of nitrogens with zero attached hydrogens (tertiary/aromatic N) is 4. The number of hydrogen-bond donors (Lipinski definition) is 2. The van der Waals surface area contributed by atoms with Gasteiger partial charge in [-0.2, -0.15) is 9.97 Å². The first kappa shape index (κ1) is 19.7. The molecule has 0 aromatic carbocycles. The van der Waals surface area contributed by atoms with Gasteiger partial charge < -0.3 is 25.1 Å². The van der Waals surface area contributed by atoms with E-state index in [1.54, 1.807) is 12.3 Å². The summed E-state index contributed by atoms with van der Waals surface area (Å²) in [6, 6.07) is 5.91. The van der Waals surface area contributed by atoms with E-state index in [9.17, 15) is 4.79 Å². The van der Waals surface area contributed by atoms with E-state index in [1.807, 2.05) is 6.07 Å². The second kappa shape index (κ2) is 8.50. The highest BCUT2D eigenvalue weighted by Gasteiger charge is 2.25. The third-order valence-electron chi connectivity index (χ3n) is 6.11. The molecule has 9 heteroatoms. The van der Waals surface area contributed by atoms with Gasteiger partial charge in [-0.25, -0.2) is 4.98 Å². The molecule has 9 nitrogen and oxygen atoms in total. The number of anilines is 1. The smallest absolute Gasteiger partial charge is 0.319 e. The number of pyridine rings is 1. The Kier molecular flexibility index (Phi) is 5.42. The molecule has 5 rings (SSSR count). The molecule has 2 aliphatic heterocycles. The average molecular weight is 422 g/mol. The summed E-state index contributed by atoms with van der Waals surface area (Å²) in [7, 11) is 0. The fourth-order valence-electron chi connectivity index (χ4n) is 4.44. The topological polar surface area (TPSA) is 119 Å². The number of primary amides is 1. The van der Waals surface area contributed by atoms with Crippen LogP contribution in [0.25, 0.3) is 11.0 Å². The lowest BCUT2D eigenvalue weighted by Crippen LogP contribution is -2.34. The number of H-pyrrole nitrogens is 1. The lowest BCUT2D eigenvalue weighted by atomic mass is 9.89. The van der Waals surface area contributed by atoms with Crippen LogP contribution in [-0.2, 0) is 4.74 Å². The van der Waals surface area contributed by atoms with Crippen LogP contribution in [0.15, 0.2) is 30.6 Å². The Morgan fingerprint density at radius 1 is 1.29 bits per heavy atom. The lowest BCUT2D eigenvalue weighted by molar-refractivity contribution is 0.0644. The van der Waals surface area contributed by atoms with Gasteiger partial charge in [0.05, 0.1) is 6.10 Å². The maximum Gasteiger partial charge on any atom is 0.319 e. The van der Waals surface area contributed by atoms with Crippen molar-refractivity contribution in [3.8, 4) is 6.01 Å². The Bertz CT molecular complexity index is 1070. The zero-order chi connectivity index (χ0) is 21.2. The van der Waals surface area contributed by atoms with Gasteiger partial charge in [0.2, 0.25) is 0 Å². The van der Waals surface area contributed by atoms with Crippen LogP contribution in [0.3, 0.4) is 0 Å². The van der Waals surface area contributed by atoms with Gasteiger partial charge in [0.1, 0.15) is 23.8 Å². The Hall–Kier alpha value is -3.20. The number of nitrogens with one attached hydrogen (secondary N) is 1. The highest BCUT2D eigenvalue weighted by Crippen LogP contribution is 2.34. The van der Waals surface area contributed by atoms with Crippen molar-refractivity contribution in [2.24, 2.45) is 5.73 Å². The Balaban J connectivity index is 1.30. The van der Waals surface area contributed by atoms with Gasteiger partial charge in [-0.05, 0) is 49.3 Å². The van der Waals surface area contributed by atoms with Crippen LogP contribution in [0.4, 0.5) is 5.82 Å². The molecule has 0 radical (unpaired) electrons. The van der Waals surface area contributed by atoms with E-state index in [4.69, 9.17) is 15.2 Å². The minimum absolute atomic E-state index is 0.0469. The van der Waals surface area contributed by atoms with Crippen LogP contribution in [0.2, 0.25) is 0 Å². The molecule has 0 saturated carbocycles. The molecule has 0 aliphatic carbocycles. The number of hydrogen-bond acceptors (Lipinski definition) is 7. The van der Waals surface area contributed by atoms with Gasteiger partial charge in [-0.15, -0.1) is 0 Å². The Labute approximate surface area is 180 Å². The number of fused-ring (bicyclic) bond motifs is 1. The Morgan fingerprint density at radius 2 is 2.16 bits per heavy atom. The molecule has 1 amide bonds. The van der Waals surface area contributed by atoms with Gasteiger partial charge >= 0.3 is 6.01 Å². The summed E-state index contributed by atoms with van der Waals surface area (Å²) in [4.78, 5) is 30.4. The number of rotatable bonds is 6. The van der Waals surface area contributed by atoms with Crippen LogP contribution in [-0.4, -0.2) is 58.3 Å². The van der Waals surface area contributed by atoms with Crippen molar-refractivity contribution in [2.45, 2.75) is 37.7 Å². The molecule has 2 aliphatic rings. The van der Waals surface area contributed by atoms with E-state index in [0.717, 1.165) is 51.0 Å². The van der Waals surface area contributed by atoms with Crippen LogP contribution < -0.4 is 15.4 Å². The third kappa shape index (κ3) is 4.18. The van der Waals surface area contributed by atoms with Crippen molar-refractivity contribution in [1.82, 2.24) is 19.9 Å². The summed E-state index contributed by atoms with van der Waals surface area (Å²) >= 11 is 0. The molecule has 1 unspecified atom stereocenters. The third-order valence-corrected chi connectivity index (χ3v) is 6.11. The molecule has 2 saturated heterocycles. The first-order chi connectivity index (χ1) is 15.2. The van der Waals surface area contributed by atoms with E-state index in [2.05, 4.69) is 37.1 Å². The van der Waals surface area contributed by atoms with E-state index >= 15 is 0 Å². The largest absolute Gasteiger partial charge is 0.461 e. The second-order valence-corrected chi connectivity index (χ2v) is 8.11. The van der Waals surface area contributed by atoms with Crippen molar-refractivity contribution < 1.29 is 14.3 Å². The van der Waals surface area contributed by atoms with Gasteiger partial charge in [-0.1, -0.05) is 0 Å². The normalized spacial score (nSPS) is 19.7. The van der Waals surface area contributed by atoms with Crippen molar-refractivity contribution in [3.05, 3.63) is 41.9 Å². The fourth-order valence-corrected chi connectivity index (χ4v) is 4.44. The quantitative estimate of drug-likeness (QED) is 0.626. The highest BCUT2D eigenvalue weighted by molar-refractivity contribution is 5.91. The van der Waals surface area contributed by atoms with Gasteiger partial charge in [0.15, 0.2) is 0 Å². The zero-order valence-electron chi connectivity index (χ0n) is 17.3. The summed E-state index contributed by atoms with van der Waals surface area (Å²) in [6.45, 7) is 2.76. The predicted octanol–water partition coefficient (Wildman–Crippen LogP) is 2.39. The standard InChI is InChI=1S/C22H26N6O3/c23-20(29)18-11-19(27-22(26-18)31-13-15-3-2-10-30-15)28-8-5-14(6-9-28)17-12-25-21-16(17)4-1-7-24-21/h1,4,7,11-12,14-15H,2-3,5-6,8-10,13H2,(H2,23,29)(H,24,25). The maximum absolute atomic E-state index is 11.8. The minimum Gasteiger partial charge on any atom is -0.461 e. The lowest BCUT2D eigenvalue weighted by Gasteiger charge is -2.33. The van der Waals surface area contributed by atoms with E-state index in [1.165, 1.54) is 10.9 Å². The number of carbonyl (C=O) groups excluding carboxylic acids is 1. The number of aromatic amines is 1. The summed E-state index contributed by atoms with van der Waals surface area (Å²) in [6.07, 6.45) is 7.86. The van der Waals surface area contributed by atoms with Crippen LogP contribution >= 0.6 is 0 Å². The molecule has 2 fully saturated rings. The molecule has 1 atom stereocenters. The number of aromatic nitrogens is 4. The first-order valence-corrected chi connectivity index (χ1v) is 10.8. The van der Waals surface area contributed by atoms with E-state index < -0.39 is 5.91 Å². The van der Waals surface area contributed by atoms with Crippen LogP contribution in [0.5, 0.6) is 6.01 Å². The predicted molar refractivity (Wildman–Crippen MR) is 115 cm³/mol. The van der Waals surface area contributed by atoms with Crippen LogP contribution in [0, 0.1) is 0 Å². The van der Waals surface area contributed by atoms with E-state index in [-0.39, 0.29) is 17.8 Å². The molecule has 0 bridgehead atoms. The number of nitrogens with two attached hydrogens (primary N) is 1. The molecular formula is C22H26N6O3. The molecule has 5 heterocycles. The number of ether oxygens (including phenoxy) is 2. The molecular weight excluding hydrogens is 396 g/mol. The summed E-state index contributed by atoms with van der Waals surface area (Å²) in [5, 5.41) is 1.18.